The van der Waals surface area contributed by atoms with Crippen LogP contribution in [0.3, 0.4) is 0 Å². The summed E-state index contributed by atoms with van der Waals surface area (Å²) in [6.45, 7) is 5.54. The van der Waals surface area contributed by atoms with E-state index in [0.29, 0.717) is 11.4 Å². The molecule has 2 aromatic rings. The lowest BCUT2D eigenvalue weighted by Crippen LogP contribution is -2.45. The molecule has 0 bridgehead atoms. The molecule has 0 aliphatic rings. The number of nitrogens with one attached hydrogen (secondary N) is 1. The highest BCUT2D eigenvalue weighted by atomic mass is 35.5. The van der Waals surface area contributed by atoms with Crippen molar-refractivity contribution in [2.45, 2.75) is 26.3 Å². The minimum atomic E-state index is -0.542. The Balaban J connectivity index is 0.00000288. The summed E-state index contributed by atoms with van der Waals surface area (Å²) in [6.07, 6.45) is 0. The van der Waals surface area contributed by atoms with Gasteiger partial charge >= 0.3 is 0 Å². The van der Waals surface area contributed by atoms with Crippen LogP contribution >= 0.6 is 12.4 Å². The molecule has 1 heterocycles. The molecule has 3 N–H and O–H groups in total. The van der Waals surface area contributed by atoms with Gasteiger partial charge in [0.05, 0.1) is 16.3 Å². The van der Waals surface area contributed by atoms with Gasteiger partial charge in [0.1, 0.15) is 0 Å². The molecule has 0 fully saturated rings. The third kappa shape index (κ3) is 4.49. The van der Waals surface area contributed by atoms with Gasteiger partial charge in [0.25, 0.3) is 11.6 Å². The molecule has 1 amide bonds. The molecule has 0 atom stereocenters. The summed E-state index contributed by atoms with van der Waals surface area (Å²) in [5.41, 5.74) is 6.32. The molecule has 0 aliphatic heterocycles. The lowest BCUT2D eigenvalue weighted by Gasteiger charge is -2.18. The van der Waals surface area contributed by atoms with Crippen molar-refractivity contribution in [1.29, 1.82) is 0 Å². The van der Waals surface area contributed by atoms with Crippen molar-refractivity contribution >= 4 is 24.0 Å². The monoisotopic (exact) mass is 354 g/mol. The van der Waals surface area contributed by atoms with E-state index < -0.39 is 16.4 Å². The summed E-state index contributed by atoms with van der Waals surface area (Å²) in [5, 5.41) is 21.3. The Morgan fingerprint density at radius 3 is 2.71 bits per heavy atom. The van der Waals surface area contributed by atoms with Gasteiger partial charge < -0.3 is 11.1 Å². The summed E-state index contributed by atoms with van der Waals surface area (Å²) in [7, 11) is 0. The van der Waals surface area contributed by atoms with Crippen molar-refractivity contribution < 1.29 is 9.72 Å². The van der Waals surface area contributed by atoms with E-state index in [1.165, 1.54) is 16.8 Å². The Hall–Kier alpha value is -2.52. The average Bonchev–Trinajstić information content (AvgIpc) is 2.86. The van der Waals surface area contributed by atoms with Crippen LogP contribution in [0.2, 0.25) is 0 Å². The topological polar surface area (TPSA) is 129 Å². The van der Waals surface area contributed by atoms with Crippen LogP contribution in [0.15, 0.2) is 24.3 Å². The van der Waals surface area contributed by atoms with Crippen molar-refractivity contribution in [2.75, 3.05) is 6.54 Å². The summed E-state index contributed by atoms with van der Waals surface area (Å²) >= 11 is 0. The van der Waals surface area contributed by atoms with E-state index in [1.54, 1.807) is 32.9 Å². The van der Waals surface area contributed by atoms with Crippen molar-refractivity contribution in [3.8, 4) is 5.69 Å². The highest BCUT2D eigenvalue weighted by Gasteiger charge is 2.20. The number of aromatic nitrogens is 3. The first-order chi connectivity index (χ1) is 10.7. The molecule has 9 nitrogen and oxygen atoms in total. The van der Waals surface area contributed by atoms with Crippen LogP contribution in [-0.4, -0.2) is 37.9 Å². The van der Waals surface area contributed by atoms with Gasteiger partial charge in [-0.3, -0.25) is 14.9 Å². The van der Waals surface area contributed by atoms with Gasteiger partial charge in [0, 0.05) is 24.2 Å². The zero-order valence-corrected chi connectivity index (χ0v) is 14.3. The van der Waals surface area contributed by atoms with Gasteiger partial charge in [-0.1, -0.05) is 11.3 Å². The van der Waals surface area contributed by atoms with E-state index in [1.807, 2.05) is 0 Å². The molecule has 0 unspecified atom stereocenters. The number of halogens is 1. The number of nitrogens with two attached hydrogens (primary N) is 1. The molecular formula is C14H19ClN6O3. The number of nitro benzene ring substituents is 1. The van der Waals surface area contributed by atoms with Gasteiger partial charge in [0.15, 0.2) is 5.69 Å². The van der Waals surface area contributed by atoms with Crippen LogP contribution in [0.1, 0.15) is 30.0 Å². The number of nitrogens with zero attached hydrogens (tertiary/aromatic N) is 4. The van der Waals surface area contributed by atoms with Crippen molar-refractivity contribution in [3.63, 3.8) is 0 Å². The van der Waals surface area contributed by atoms with Gasteiger partial charge in [-0.2, -0.15) is 0 Å². The number of benzene rings is 1. The molecule has 0 aliphatic carbocycles. The van der Waals surface area contributed by atoms with Crippen molar-refractivity contribution in [3.05, 3.63) is 45.8 Å². The SMILES string of the molecule is Cc1c(C(=O)NCC(C)(C)N)nnn1-c1cccc([N+](=O)[O-])c1.Cl. The lowest BCUT2D eigenvalue weighted by molar-refractivity contribution is -0.384. The Labute approximate surface area is 144 Å². The first-order valence-electron chi connectivity index (χ1n) is 6.93. The largest absolute Gasteiger partial charge is 0.349 e. The quantitative estimate of drug-likeness (QED) is 0.616. The Morgan fingerprint density at radius 1 is 1.46 bits per heavy atom. The van der Waals surface area contributed by atoms with Crippen LogP contribution in [0.4, 0.5) is 5.69 Å². The fourth-order valence-electron chi connectivity index (χ4n) is 1.91. The Kier molecular flexibility index (Phi) is 5.99. The summed E-state index contributed by atoms with van der Waals surface area (Å²) in [6, 6.07) is 5.95. The molecule has 1 aromatic carbocycles. The number of rotatable bonds is 5. The van der Waals surface area contributed by atoms with E-state index in [2.05, 4.69) is 15.6 Å². The number of carbonyl (C=O) groups excluding carboxylic acids is 1. The second-order valence-electron chi connectivity index (χ2n) is 5.88. The Morgan fingerprint density at radius 2 is 2.12 bits per heavy atom. The molecule has 10 heteroatoms. The summed E-state index contributed by atoms with van der Waals surface area (Å²) < 4.78 is 1.38. The van der Waals surface area contributed by atoms with Crippen LogP contribution in [0.5, 0.6) is 0 Å². The highest BCUT2D eigenvalue weighted by Crippen LogP contribution is 2.18. The number of amides is 1. The molecule has 130 valence electrons. The molecule has 2 rings (SSSR count). The molecule has 0 radical (unpaired) electrons. The summed E-state index contributed by atoms with van der Waals surface area (Å²) in [5.74, 6) is -0.391. The maximum absolute atomic E-state index is 12.1. The third-order valence-corrected chi connectivity index (χ3v) is 3.10. The fraction of sp³-hybridized carbons (Fsp3) is 0.357. The zero-order valence-electron chi connectivity index (χ0n) is 13.5. The fourth-order valence-corrected chi connectivity index (χ4v) is 1.91. The number of nitro groups is 1. The molecule has 0 saturated heterocycles. The predicted molar refractivity (Wildman–Crippen MR) is 90.6 cm³/mol. The first kappa shape index (κ1) is 19.5. The van der Waals surface area contributed by atoms with Crippen LogP contribution in [-0.2, 0) is 0 Å². The first-order valence-corrected chi connectivity index (χ1v) is 6.93. The zero-order chi connectivity index (χ0) is 17.2. The normalized spacial score (nSPS) is 10.8. The second-order valence-corrected chi connectivity index (χ2v) is 5.88. The highest BCUT2D eigenvalue weighted by molar-refractivity contribution is 5.93. The van der Waals surface area contributed by atoms with Gasteiger partial charge in [-0.05, 0) is 26.8 Å². The van der Waals surface area contributed by atoms with Crippen molar-refractivity contribution in [1.82, 2.24) is 20.3 Å². The van der Waals surface area contributed by atoms with Crippen LogP contribution < -0.4 is 11.1 Å². The van der Waals surface area contributed by atoms with E-state index in [-0.39, 0.29) is 30.3 Å². The van der Waals surface area contributed by atoms with Crippen molar-refractivity contribution in [2.24, 2.45) is 5.73 Å². The molecule has 0 spiro atoms. The predicted octanol–water partition coefficient (Wildman–Crippen LogP) is 1.37. The maximum Gasteiger partial charge on any atom is 0.273 e. The number of carbonyl (C=O) groups is 1. The van der Waals surface area contributed by atoms with Gasteiger partial charge in [-0.15, -0.1) is 17.5 Å². The van der Waals surface area contributed by atoms with Crippen LogP contribution in [0.25, 0.3) is 5.69 Å². The third-order valence-electron chi connectivity index (χ3n) is 3.10. The minimum absolute atomic E-state index is 0. The van der Waals surface area contributed by atoms with Gasteiger partial charge in [0.2, 0.25) is 0 Å². The summed E-state index contributed by atoms with van der Waals surface area (Å²) in [4.78, 5) is 22.5. The lowest BCUT2D eigenvalue weighted by atomic mass is 10.1. The number of hydrogen-bond donors (Lipinski definition) is 2. The number of non-ortho nitro benzene ring substituents is 1. The smallest absolute Gasteiger partial charge is 0.273 e. The Bertz CT molecular complexity index is 753. The average molecular weight is 355 g/mol. The molecular weight excluding hydrogens is 336 g/mol. The minimum Gasteiger partial charge on any atom is -0.349 e. The maximum atomic E-state index is 12.1. The van der Waals surface area contributed by atoms with E-state index in [4.69, 9.17) is 5.73 Å². The van der Waals surface area contributed by atoms with Crippen LogP contribution in [0, 0.1) is 17.0 Å². The molecule has 0 saturated carbocycles. The number of hydrogen-bond acceptors (Lipinski definition) is 6. The second kappa shape index (κ2) is 7.37. The van der Waals surface area contributed by atoms with E-state index in [9.17, 15) is 14.9 Å². The standard InChI is InChI=1S/C14H18N6O3.ClH/c1-9-12(13(21)16-8-14(2,3)15)17-18-19(9)10-5-4-6-11(7-10)20(22)23;/h4-7H,8,15H2,1-3H3,(H,16,21);1H. The van der Waals surface area contributed by atoms with Gasteiger partial charge in [-0.25, -0.2) is 4.68 Å². The van der Waals surface area contributed by atoms with E-state index in [0.717, 1.165) is 0 Å². The van der Waals surface area contributed by atoms with E-state index >= 15 is 0 Å². The molecule has 24 heavy (non-hydrogen) atoms. The molecule has 1 aromatic heterocycles.